The summed E-state index contributed by atoms with van der Waals surface area (Å²) in [6.45, 7) is 2.64. The Morgan fingerprint density at radius 1 is 1.64 bits per heavy atom. The normalized spacial score (nSPS) is 22.9. The van der Waals surface area contributed by atoms with Gasteiger partial charge in [0.15, 0.2) is 0 Å². The molecule has 1 N–H and O–H groups in total. The molecule has 1 aliphatic rings. The Morgan fingerprint density at radius 3 is 3.07 bits per heavy atom. The highest BCUT2D eigenvalue weighted by Crippen LogP contribution is 2.19. The number of hydrogen-bond acceptors (Lipinski definition) is 3. The van der Waals surface area contributed by atoms with Crippen LogP contribution >= 0.6 is 0 Å². The number of aliphatic carboxylic acids is 1. The lowest BCUT2D eigenvalue weighted by atomic mass is 9.95. The molecule has 1 rings (SSSR count). The van der Waals surface area contributed by atoms with Crippen molar-refractivity contribution in [2.45, 2.75) is 25.7 Å². The molecule has 4 heteroatoms. The third-order valence-electron chi connectivity index (χ3n) is 2.61. The summed E-state index contributed by atoms with van der Waals surface area (Å²) in [7, 11) is 0. The van der Waals surface area contributed by atoms with E-state index in [1.807, 2.05) is 0 Å². The SMILES string of the molecule is N#CCCN1CCCC(CC(=O)O)C1. The summed E-state index contributed by atoms with van der Waals surface area (Å²) in [5, 5.41) is 17.1. The van der Waals surface area contributed by atoms with E-state index in [1.165, 1.54) is 0 Å². The lowest BCUT2D eigenvalue weighted by Crippen LogP contribution is -2.36. The molecule has 0 bridgehead atoms. The minimum Gasteiger partial charge on any atom is -0.481 e. The van der Waals surface area contributed by atoms with E-state index in [0.29, 0.717) is 6.42 Å². The second-order valence-corrected chi connectivity index (χ2v) is 3.81. The second-order valence-electron chi connectivity index (χ2n) is 3.81. The summed E-state index contributed by atoms with van der Waals surface area (Å²) in [4.78, 5) is 12.7. The van der Waals surface area contributed by atoms with E-state index < -0.39 is 5.97 Å². The van der Waals surface area contributed by atoms with Gasteiger partial charge in [-0.05, 0) is 25.3 Å². The first kappa shape index (κ1) is 11.0. The van der Waals surface area contributed by atoms with Crippen LogP contribution in [0.5, 0.6) is 0 Å². The van der Waals surface area contributed by atoms with E-state index in [0.717, 1.165) is 32.5 Å². The molecular weight excluding hydrogens is 180 g/mol. The highest BCUT2D eigenvalue weighted by Gasteiger charge is 2.21. The zero-order valence-corrected chi connectivity index (χ0v) is 8.28. The van der Waals surface area contributed by atoms with E-state index in [2.05, 4.69) is 11.0 Å². The van der Waals surface area contributed by atoms with E-state index in [1.54, 1.807) is 0 Å². The summed E-state index contributed by atoms with van der Waals surface area (Å²) < 4.78 is 0. The fourth-order valence-corrected chi connectivity index (χ4v) is 1.98. The van der Waals surface area contributed by atoms with Crippen LogP contribution in [0.25, 0.3) is 0 Å². The van der Waals surface area contributed by atoms with Gasteiger partial charge in [0.2, 0.25) is 0 Å². The largest absolute Gasteiger partial charge is 0.481 e. The van der Waals surface area contributed by atoms with Crippen LogP contribution < -0.4 is 0 Å². The summed E-state index contributed by atoms with van der Waals surface area (Å²) in [5.74, 6) is -0.433. The van der Waals surface area contributed by atoms with Crippen molar-refractivity contribution in [3.63, 3.8) is 0 Å². The molecule has 1 fully saturated rings. The zero-order chi connectivity index (χ0) is 10.4. The fraction of sp³-hybridized carbons (Fsp3) is 0.800. The van der Waals surface area contributed by atoms with Gasteiger partial charge in [-0.3, -0.25) is 4.79 Å². The Kier molecular flexibility index (Phi) is 4.41. The molecule has 4 nitrogen and oxygen atoms in total. The standard InChI is InChI=1S/C10H16N2O2/c11-4-2-6-12-5-1-3-9(8-12)7-10(13)14/h9H,1-3,5-8H2,(H,13,14). The highest BCUT2D eigenvalue weighted by atomic mass is 16.4. The molecule has 0 radical (unpaired) electrons. The molecule has 14 heavy (non-hydrogen) atoms. The van der Waals surface area contributed by atoms with Crippen LogP contribution in [-0.4, -0.2) is 35.6 Å². The van der Waals surface area contributed by atoms with Crippen molar-refractivity contribution >= 4 is 5.97 Å². The molecule has 0 aromatic rings. The summed E-state index contributed by atoms with van der Waals surface area (Å²) >= 11 is 0. The molecule has 0 saturated carbocycles. The van der Waals surface area contributed by atoms with Crippen LogP contribution in [0.4, 0.5) is 0 Å². The first-order chi connectivity index (χ1) is 6.72. The summed E-state index contributed by atoms with van der Waals surface area (Å²) in [6, 6.07) is 2.11. The second kappa shape index (κ2) is 5.61. The smallest absolute Gasteiger partial charge is 0.303 e. The molecule has 0 aromatic heterocycles. The number of hydrogen-bond donors (Lipinski definition) is 1. The fourth-order valence-electron chi connectivity index (χ4n) is 1.98. The Hall–Kier alpha value is -1.08. The Labute approximate surface area is 84.1 Å². The van der Waals surface area contributed by atoms with Crippen LogP contribution in [0.2, 0.25) is 0 Å². The summed E-state index contributed by atoms with van der Waals surface area (Å²) in [5.41, 5.74) is 0. The minimum absolute atomic E-state index is 0.267. The number of nitriles is 1. The number of carboxylic acid groups (broad SMARTS) is 1. The summed E-state index contributed by atoms with van der Waals surface area (Å²) in [6.07, 6.45) is 2.88. The van der Waals surface area contributed by atoms with Gasteiger partial charge in [0.05, 0.1) is 6.07 Å². The van der Waals surface area contributed by atoms with Gasteiger partial charge in [0.1, 0.15) is 0 Å². The molecule has 1 unspecified atom stereocenters. The van der Waals surface area contributed by atoms with E-state index >= 15 is 0 Å². The van der Waals surface area contributed by atoms with Crippen molar-refractivity contribution in [1.82, 2.24) is 4.90 Å². The number of carbonyl (C=O) groups is 1. The predicted molar refractivity (Wildman–Crippen MR) is 51.6 cm³/mol. The first-order valence-corrected chi connectivity index (χ1v) is 5.03. The number of likely N-dealkylation sites (tertiary alicyclic amines) is 1. The minimum atomic E-state index is -0.711. The quantitative estimate of drug-likeness (QED) is 0.731. The molecule has 1 aliphatic heterocycles. The lowest BCUT2D eigenvalue weighted by Gasteiger charge is -2.31. The van der Waals surface area contributed by atoms with Crippen LogP contribution in [0.3, 0.4) is 0 Å². The lowest BCUT2D eigenvalue weighted by molar-refractivity contribution is -0.138. The molecule has 78 valence electrons. The van der Waals surface area contributed by atoms with Crippen molar-refractivity contribution in [1.29, 1.82) is 5.26 Å². The van der Waals surface area contributed by atoms with Crippen LogP contribution in [-0.2, 0) is 4.79 Å². The number of nitrogens with zero attached hydrogens (tertiary/aromatic N) is 2. The maximum absolute atomic E-state index is 10.5. The monoisotopic (exact) mass is 196 g/mol. The third-order valence-corrected chi connectivity index (χ3v) is 2.61. The molecule has 0 aliphatic carbocycles. The van der Waals surface area contributed by atoms with Crippen LogP contribution in [0.15, 0.2) is 0 Å². The van der Waals surface area contributed by atoms with Gasteiger partial charge in [-0.2, -0.15) is 5.26 Å². The number of carboxylic acids is 1. The maximum Gasteiger partial charge on any atom is 0.303 e. The van der Waals surface area contributed by atoms with Gasteiger partial charge in [0.25, 0.3) is 0 Å². The molecule has 0 aromatic carbocycles. The topological polar surface area (TPSA) is 64.3 Å². The average Bonchev–Trinajstić information content (AvgIpc) is 2.14. The Morgan fingerprint density at radius 2 is 2.43 bits per heavy atom. The first-order valence-electron chi connectivity index (χ1n) is 5.03. The molecule has 1 saturated heterocycles. The molecular formula is C10H16N2O2. The van der Waals surface area contributed by atoms with E-state index in [9.17, 15) is 4.79 Å². The van der Waals surface area contributed by atoms with Crippen LogP contribution in [0, 0.1) is 17.2 Å². The van der Waals surface area contributed by atoms with Gasteiger partial charge in [-0.15, -0.1) is 0 Å². The Bertz CT molecular complexity index is 235. The maximum atomic E-state index is 10.5. The van der Waals surface area contributed by atoms with Crippen molar-refractivity contribution < 1.29 is 9.90 Å². The third kappa shape index (κ3) is 3.75. The zero-order valence-electron chi connectivity index (χ0n) is 8.28. The van der Waals surface area contributed by atoms with E-state index in [-0.39, 0.29) is 12.3 Å². The van der Waals surface area contributed by atoms with Crippen molar-refractivity contribution in [3.8, 4) is 6.07 Å². The van der Waals surface area contributed by atoms with Gasteiger partial charge in [-0.1, -0.05) is 0 Å². The molecule has 0 amide bonds. The number of rotatable bonds is 4. The predicted octanol–water partition coefficient (Wildman–Crippen LogP) is 1.09. The average molecular weight is 196 g/mol. The van der Waals surface area contributed by atoms with Gasteiger partial charge in [-0.25, -0.2) is 0 Å². The Balaban J connectivity index is 2.29. The molecule has 1 heterocycles. The van der Waals surface area contributed by atoms with Crippen molar-refractivity contribution in [2.24, 2.45) is 5.92 Å². The molecule has 0 spiro atoms. The number of piperidine rings is 1. The van der Waals surface area contributed by atoms with Crippen molar-refractivity contribution in [3.05, 3.63) is 0 Å². The van der Waals surface area contributed by atoms with Crippen LogP contribution in [0.1, 0.15) is 25.7 Å². The highest BCUT2D eigenvalue weighted by molar-refractivity contribution is 5.67. The van der Waals surface area contributed by atoms with Gasteiger partial charge < -0.3 is 10.0 Å². The van der Waals surface area contributed by atoms with Crippen molar-refractivity contribution in [2.75, 3.05) is 19.6 Å². The van der Waals surface area contributed by atoms with Gasteiger partial charge >= 0.3 is 5.97 Å². The van der Waals surface area contributed by atoms with Gasteiger partial charge in [0, 0.05) is 25.9 Å². The van der Waals surface area contributed by atoms with E-state index in [4.69, 9.17) is 10.4 Å². The molecule has 1 atom stereocenters.